The lowest BCUT2D eigenvalue weighted by atomic mass is 9.86. The monoisotopic (exact) mass is 570 g/mol. The number of hydrogen-bond acceptors (Lipinski definition) is 7. The highest BCUT2D eigenvalue weighted by Gasteiger charge is 2.37. The lowest BCUT2D eigenvalue weighted by Crippen LogP contribution is -2.48. The molecular weight excluding hydrogens is 539 g/mol. The number of hydrogen-bond donors (Lipinski definition) is 2. The van der Waals surface area contributed by atoms with E-state index in [1.54, 1.807) is 23.2 Å². The molecule has 2 heterocycles. The molecule has 1 saturated carbocycles. The van der Waals surface area contributed by atoms with Crippen molar-refractivity contribution in [1.82, 2.24) is 9.97 Å². The summed E-state index contributed by atoms with van der Waals surface area (Å²) < 4.78 is 10.9. The van der Waals surface area contributed by atoms with Gasteiger partial charge in [-0.3, -0.25) is 9.80 Å². The van der Waals surface area contributed by atoms with Crippen molar-refractivity contribution in [3.8, 4) is 11.5 Å². The third-order valence-electron chi connectivity index (χ3n) is 7.43. The number of ether oxygens (including phenoxy) is 2. The number of halogens is 2. The largest absolute Gasteiger partial charge is 0.495 e. The highest BCUT2D eigenvalue weighted by atomic mass is 35.5. The van der Waals surface area contributed by atoms with Gasteiger partial charge < -0.3 is 20.5 Å². The number of amides is 2. The van der Waals surface area contributed by atoms with E-state index in [0.717, 1.165) is 17.5 Å². The van der Waals surface area contributed by atoms with Crippen molar-refractivity contribution < 1.29 is 14.3 Å². The van der Waals surface area contributed by atoms with Gasteiger partial charge in [-0.15, -0.1) is 0 Å². The zero-order valence-electron chi connectivity index (χ0n) is 22.2. The summed E-state index contributed by atoms with van der Waals surface area (Å²) in [7, 11) is 2.99. The molecule has 2 amide bonds. The SMILES string of the molecule is COc1cc(OC)c(Cl)c(N2Cc3cnc(NC4CCCCC4C)nc3N(Cc3cccc(N)c3)C2=O)c1Cl. The zero-order valence-corrected chi connectivity index (χ0v) is 23.7. The Balaban J connectivity index is 1.58. The number of benzene rings is 2. The fourth-order valence-electron chi connectivity index (χ4n) is 5.28. The van der Waals surface area contributed by atoms with Gasteiger partial charge in [-0.1, -0.05) is 55.1 Å². The molecule has 11 heteroatoms. The van der Waals surface area contributed by atoms with Crippen LogP contribution in [-0.4, -0.2) is 36.3 Å². The maximum atomic E-state index is 14.2. The number of methoxy groups -OCH3 is 2. The Hall–Kier alpha value is -3.43. The standard InChI is InChI=1S/C28H32Cl2N6O3/c1-16-7-4-5-10-20(16)33-27-32-13-18-15-35(25-23(29)21(38-2)12-22(39-3)24(25)30)28(37)36(26(18)34-27)14-17-8-6-9-19(31)11-17/h6,8-9,11-13,16,20H,4-5,7,10,14-15,31H2,1-3H3,(H,32,33,34). The van der Waals surface area contributed by atoms with Gasteiger partial charge in [-0.05, 0) is 36.5 Å². The minimum absolute atomic E-state index is 0.164. The van der Waals surface area contributed by atoms with Crippen LogP contribution in [0.2, 0.25) is 10.0 Å². The molecule has 0 radical (unpaired) electrons. The third-order valence-corrected chi connectivity index (χ3v) is 8.16. The van der Waals surface area contributed by atoms with Crippen LogP contribution >= 0.6 is 23.2 Å². The topological polar surface area (TPSA) is 106 Å². The number of aromatic nitrogens is 2. The molecule has 206 valence electrons. The number of nitrogens with one attached hydrogen (secondary N) is 1. The second-order valence-corrected chi connectivity index (χ2v) is 10.8. The van der Waals surface area contributed by atoms with Crippen molar-refractivity contribution in [2.75, 3.05) is 35.1 Å². The fraction of sp³-hybridized carbons (Fsp3) is 0.393. The van der Waals surface area contributed by atoms with Crippen LogP contribution in [0, 0.1) is 5.92 Å². The molecule has 0 bridgehead atoms. The average molecular weight is 572 g/mol. The summed E-state index contributed by atoms with van der Waals surface area (Å²) >= 11 is 13.4. The highest BCUT2D eigenvalue weighted by Crippen LogP contribution is 2.48. The molecule has 2 aliphatic rings. The minimum atomic E-state index is -0.347. The van der Waals surface area contributed by atoms with Gasteiger partial charge in [0.2, 0.25) is 5.95 Å². The molecule has 1 fully saturated rings. The minimum Gasteiger partial charge on any atom is -0.495 e. The molecule has 2 aromatic carbocycles. The Kier molecular flexibility index (Phi) is 7.91. The fourth-order valence-corrected chi connectivity index (χ4v) is 5.99. The predicted octanol–water partition coefficient (Wildman–Crippen LogP) is 6.52. The van der Waals surface area contributed by atoms with Crippen molar-refractivity contribution in [2.45, 2.75) is 51.7 Å². The molecule has 5 rings (SSSR count). The molecule has 1 aromatic heterocycles. The van der Waals surface area contributed by atoms with Crippen LogP contribution in [0.3, 0.4) is 0 Å². The summed E-state index contributed by atoms with van der Waals surface area (Å²) in [6.45, 7) is 2.65. The second-order valence-electron chi connectivity index (χ2n) is 10.0. The lowest BCUT2D eigenvalue weighted by molar-refractivity contribution is 0.249. The molecule has 3 N–H and O–H groups in total. The first-order valence-corrected chi connectivity index (χ1v) is 13.7. The van der Waals surface area contributed by atoms with Crippen LogP contribution in [0.25, 0.3) is 0 Å². The molecule has 1 aliphatic heterocycles. The molecule has 39 heavy (non-hydrogen) atoms. The smallest absolute Gasteiger partial charge is 0.330 e. The number of fused-ring (bicyclic) bond motifs is 1. The molecule has 9 nitrogen and oxygen atoms in total. The van der Waals surface area contributed by atoms with E-state index in [4.69, 9.17) is 43.4 Å². The highest BCUT2D eigenvalue weighted by molar-refractivity contribution is 6.42. The number of anilines is 4. The summed E-state index contributed by atoms with van der Waals surface area (Å²) in [6, 6.07) is 8.95. The Morgan fingerprint density at radius 2 is 1.82 bits per heavy atom. The van der Waals surface area contributed by atoms with Crippen LogP contribution in [0.5, 0.6) is 11.5 Å². The van der Waals surface area contributed by atoms with E-state index in [2.05, 4.69) is 17.2 Å². The van der Waals surface area contributed by atoms with Crippen molar-refractivity contribution in [3.63, 3.8) is 0 Å². The Morgan fingerprint density at radius 1 is 1.10 bits per heavy atom. The first-order chi connectivity index (χ1) is 18.8. The summed E-state index contributed by atoms with van der Waals surface area (Å²) in [5, 5.41) is 3.92. The van der Waals surface area contributed by atoms with Crippen LogP contribution in [0.1, 0.15) is 43.7 Å². The number of nitrogen functional groups attached to an aromatic ring is 1. The van der Waals surface area contributed by atoms with E-state index in [1.807, 2.05) is 18.2 Å². The number of carbonyl (C=O) groups excluding carboxylic acids is 1. The van der Waals surface area contributed by atoms with Gasteiger partial charge in [-0.2, -0.15) is 4.98 Å². The summed E-state index contributed by atoms with van der Waals surface area (Å²) in [5.41, 5.74) is 8.54. The van der Waals surface area contributed by atoms with Crippen molar-refractivity contribution >= 4 is 52.4 Å². The van der Waals surface area contributed by atoms with Crippen molar-refractivity contribution in [2.24, 2.45) is 5.92 Å². The molecule has 3 aromatic rings. The third kappa shape index (κ3) is 5.38. The van der Waals surface area contributed by atoms with Gasteiger partial charge >= 0.3 is 6.03 Å². The van der Waals surface area contributed by atoms with Crippen molar-refractivity contribution in [3.05, 3.63) is 57.7 Å². The van der Waals surface area contributed by atoms with Gasteiger partial charge in [-0.25, -0.2) is 9.78 Å². The quantitative estimate of drug-likeness (QED) is 0.311. The maximum absolute atomic E-state index is 14.2. The van der Waals surface area contributed by atoms with E-state index in [0.29, 0.717) is 40.6 Å². The number of nitrogens with zero attached hydrogens (tertiary/aromatic N) is 4. The van der Waals surface area contributed by atoms with Crippen LogP contribution in [-0.2, 0) is 13.1 Å². The Labute approximate surface area is 238 Å². The number of urea groups is 1. The van der Waals surface area contributed by atoms with E-state index >= 15 is 0 Å². The molecular formula is C28H32Cl2N6O3. The van der Waals surface area contributed by atoms with Crippen LogP contribution < -0.4 is 30.3 Å². The Bertz CT molecular complexity index is 1360. The average Bonchev–Trinajstić information content (AvgIpc) is 2.92. The van der Waals surface area contributed by atoms with Gasteiger partial charge in [0, 0.05) is 29.6 Å². The maximum Gasteiger partial charge on any atom is 0.330 e. The van der Waals surface area contributed by atoms with Gasteiger partial charge in [0.1, 0.15) is 27.4 Å². The van der Waals surface area contributed by atoms with E-state index in [-0.39, 0.29) is 35.2 Å². The van der Waals surface area contributed by atoms with Gasteiger partial charge in [0.15, 0.2) is 0 Å². The van der Waals surface area contributed by atoms with Gasteiger partial charge in [0.25, 0.3) is 0 Å². The van der Waals surface area contributed by atoms with E-state index in [1.165, 1.54) is 38.4 Å². The number of rotatable bonds is 7. The summed E-state index contributed by atoms with van der Waals surface area (Å²) in [5.74, 6) is 2.23. The number of nitrogens with two attached hydrogens (primary N) is 1. The molecule has 1 aliphatic carbocycles. The van der Waals surface area contributed by atoms with Crippen molar-refractivity contribution in [1.29, 1.82) is 0 Å². The van der Waals surface area contributed by atoms with Crippen LogP contribution in [0.15, 0.2) is 36.5 Å². The summed E-state index contributed by atoms with van der Waals surface area (Å²) in [6.07, 6.45) is 6.40. The molecule has 0 saturated heterocycles. The Morgan fingerprint density at radius 3 is 2.49 bits per heavy atom. The zero-order chi connectivity index (χ0) is 27.7. The number of carbonyl (C=O) groups is 1. The van der Waals surface area contributed by atoms with E-state index < -0.39 is 0 Å². The summed E-state index contributed by atoms with van der Waals surface area (Å²) in [4.78, 5) is 26.7. The lowest BCUT2D eigenvalue weighted by Gasteiger charge is -2.37. The second kappa shape index (κ2) is 11.4. The normalized spacial score (nSPS) is 19.1. The molecule has 2 unspecified atom stereocenters. The van der Waals surface area contributed by atoms with E-state index in [9.17, 15) is 4.79 Å². The predicted molar refractivity (Wildman–Crippen MR) is 155 cm³/mol. The molecule has 2 atom stereocenters. The first-order valence-electron chi connectivity index (χ1n) is 13.0. The molecule has 0 spiro atoms. The first kappa shape index (κ1) is 27.1. The van der Waals surface area contributed by atoms with Gasteiger partial charge in [0.05, 0.1) is 33.0 Å². The van der Waals surface area contributed by atoms with Crippen LogP contribution in [0.4, 0.5) is 27.9 Å².